The Morgan fingerprint density at radius 1 is 0.842 bits per heavy atom. The second-order valence-electron chi connectivity index (χ2n) is 8.54. The van der Waals surface area contributed by atoms with E-state index in [2.05, 4.69) is 11.4 Å². The zero-order chi connectivity index (χ0) is 27.2. The van der Waals surface area contributed by atoms with Crippen molar-refractivity contribution in [2.75, 3.05) is 24.7 Å². The third-order valence-electron chi connectivity index (χ3n) is 5.69. The highest BCUT2D eigenvalue weighted by atomic mass is 35.5. The third-order valence-corrected chi connectivity index (χ3v) is 5.95. The molecule has 0 aliphatic carbocycles. The van der Waals surface area contributed by atoms with E-state index in [1.54, 1.807) is 30.3 Å². The first-order valence-corrected chi connectivity index (χ1v) is 12.4. The molecule has 196 valence electrons. The summed E-state index contributed by atoms with van der Waals surface area (Å²) in [5, 5.41) is 2.66. The molecule has 1 N–H and O–H groups in total. The summed E-state index contributed by atoms with van der Waals surface area (Å²) in [4.78, 5) is 38.9. The number of carbonyl (C=O) groups is 3. The van der Waals surface area contributed by atoms with Crippen LogP contribution in [0.15, 0.2) is 66.2 Å². The molecule has 4 amide bonds. The largest absolute Gasteiger partial charge is 0.490 e. The molecule has 0 radical (unpaired) electrons. The molecule has 8 nitrogen and oxygen atoms in total. The molecule has 0 unspecified atom stereocenters. The lowest BCUT2D eigenvalue weighted by atomic mass is 10.1. The number of hydrogen-bond donors (Lipinski definition) is 1. The van der Waals surface area contributed by atoms with E-state index in [0.717, 1.165) is 16.2 Å². The summed E-state index contributed by atoms with van der Waals surface area (Å²) >= 11 is 5.92. The molecule has 1 aliphatic rings. The Balaban J connectivity index is 1.50. The van der Waals surface area contributed by atoms with Crippen molar-refractivity contribution in [3.05, 3.63) is 87.9 Å². The second kappa shape index (κ2) is 11.8. The van der Waals surface area contributed by atoms with Gasteiger partial charge in [0, 0.05) is 5.02 Å². The Bertz CT molecular complexity index is 1400. The number of amides is 4. The standard InChI is InChI=1S/C29H27ClN2O6/c1-4-36-26-17-20(6-12-25(26)38-14-13-37-24-11-5-18(2)15-19(24)3)16-23-27(33)31-29(35)32(28(23)34)22-9-7-21(30)8-10-22/h5-12,15-17H,4,13-14H2,1-3H3,(H,31,33,35)/b23-16-. The highest BCUT2D eigenvalue weighted by Crippen LogP contribution is 2.30. The van der Waals surface area contributed by atoms with Gasteiger partial charge in [0.15, 0.2) is 11.5 Å². The predicted octanol–water partition coefficient (Wildman–Crippen LogP) is 5.48. The molecule has 0 aromatic heterocycles. The van der Waals surface area contributed by atoms with Gasteiger partial charge in [-0.1, -0.05) is 35.4 Å². The molecule has 0 atom stereocenters. The van der Waals surface area contributed by atoms with E-state index < -0.39 is 17.8 Å². The lowest BCUT2D eigenvalue weighted by molar-refractivity contribution is -0.122. The van der Waals surface area contributed by atoms with E-state index in [1.807, 2.05) is 32.9 Å². The number of imide groups is 2. The number of hydrogen-bond acceptors (Lipinski definition) is 6. The first kappa shape index (κ1) is 26.8. The number of benzene rings is 3. The zero-order valence-corrected chi connectivity index (χ0v) is 22.0. The van der Waals surface area contributed by atoms with E-state index in [4.69, 9.17) is 25.8 Å². The fraction of sp³-hybridized carbons (Fsp3) is 0.207. The van der Waals surface area contributed by atoms with Gasteiger partial charge in [0.2, 0.25) is 0 Å². The SMILES string of the molecule is CCOc1cc(/C=C2/C(=O)NC(=O)N(c3ccc(Cl)cc3)C2=O)ccc1OCCOc1ccc(C)cc1C. The topological polar surface area (TPSA) is 94.2 Å². The zero-order valence-electron chi connectivity index (χ0n) is 21.2. The van der Waals surface area contributed by atoms with Crippen LogP contribution in [0, 0.1) is 13.8 Å². The monoisotopic (exact) mass is 534 g/mol. The van der Waals surface area contributed by atoms with Gasteiger partial charge in [0.25, 0.3) is 11.8 Å². The predicted molar refractivity (Wildman–Crippen MR) is 145 cm³/mol. The van der Waals surface area contributed by atoms with Gasteiger partial charge in [-0.2, -0.15) is 0 Å². The molecular weight excluding hydrogens is 508 g/mol. The normalized spacial score (nSPS) is 14.5. The summed E-state index contributed by atoms with van der Waals surface area (Å²) in [7, 11) is 0. The van der Waals surface area contributed by atoms with Crippen LogP contribution in [0.1, 0.15) is 23.6 Å². The van der Waals surface area contributed by atoms with Crippen molar-refractivity contribution in [3.8, 4) is 17.2 Å². The Kier molecular flexibility index (Phi) is 8.33. The average molecular weight is 535 g/mol. The van der Waals surface area contributed by atoms with Crippen molar-refractivity contribution in [2.24, 2.45) is 0 Å². The van der Waals surface area contributed by atoms with Crippen LogP contribution in [0.5, 0.6) is 17.2 Å². The minimum atomic E-state index is -0.832. The summed E-state index contributed by atoms with van der Waals surface area (Å²) < 4.78 is 17.4. The van der Waals surface area contributed by atoms with E-state index in [0.29, 0.717) is 35.3 Å². The summed E-state index contributed by atoms with van der Waals surface area (Å²) in [6.45, 7) is 6.86. The molecule has 0 saturated carbocycles. The molecule has 0 spiro atoms. The maximum Gasteiger partial charge on any atom is 0.335 e. The lowest BCUT2D eigenvalue weighted by Gasteiger charge is -2.26. The number of anilines is 1. The molecule has 1 aliphatic heterocycles. The molecule has 9 heteroatoms. The van der Waals surface area contributed by atoms with E-state index >= 15 is 0 Å². The molecule has 1 heterocycles. The second-order valence-corrected chi connectivity index (χ2v) is 8.98. The summed E-state index contributed by atoms with van der Waals surface area (Å²) in [5.74, 6) is 0.209. The minimum absolute atomic E-state index is 0.197. The molecule has 4 rings (SSSR count). The van der Waals surface area contributed by atoms with Gasteiger partial charge in [-0.05, 0) is 80.4 Å². The van der Waals surface area contributed by atoms with Crippen LogP contribution in [0.2, 0.25) is 5.02 Å². The number of carbonyl (C=O) groups excluding carboxylic acids is 3. The molecule has 38 heavy (non-hydrogen) atoms. The van der Waals surface area contributed by atoms with Crippen molar-refractivity contribution >= 4 is 41.2 Å². The van der Waals surface area contributed by atoms with Crippen molar-refractivity contribution in [1.29, 1.82) is 0 Å². The number of halogens is 1. The van der Waals surface area contributed by atoms with Crippen molar-refractivity contribution in [3.63, 3.8) is 0 Å². The Morgan fingerprint density at radius 2 is 1.53 bits per heavy atom. The highest BCUT2D eigenvalue weighted by Gasteiger charge is 2.36. The average Bonchev–Trinajstić information content (AvgIpc) is 2.87. The Labute approximate surface area is 225 Å². The smallest absolute Gasteiger partial charge is 0.335 e. The van der Waals surface area contributed by atoms with Gasteiger partial charge in [0.1, 0.15) is 24.5 Å². The van der Waals surface area contributed by atoms with Crippen LogP contribution in [0.4, 0.5) is 10.5 Å². The minimum Gasteiger partial charge on any atom is -0.490 e. The maximum atomic E-state index is 13.1. The van der Waals surface area contributed by atoms with Gasteiger partial charge in [-0.25, -0.2) is 9.69 Å². The summed E-state index contributed by atoms with van der Waals surface area (Å²) in [6.07, 6.45) is 1.41. The number of nitrogens with one attached hydrogen (secondary N) is 1. The highest BCUT2D eigenvalue weighted by molar-refractivity contribution is 6.39. The molecule has 1 fully saturated rings. The van der Waals surface area contributed by atoms with Crippen LogP contribution in [0.25, 0.3) is 6.08 Å². The van der Waals surface area contributed by atoms with E-state index in [9.17, 15) is 14.4 Å². The van der Waals surface area contributed by atoms with Crippen LogP contribution in [0.3, 0.4) is 0 Å². The van der Waals surface area contributed by atoms with Crippen molar-refractivity contribution < 1.29 is 28.6 Å². The number of urea groups is 1. The first-order chi connectivity index (χ1) is 18.3. The number of barbiturate groups is 1. The van der Waals surface area contributed by atoms with Crippen LogP contribution >= 0.6 is 11.6 Å². The fourth-order valence-electron chi connectivity index (χ4n) is 3.92. The molecule has 0 bridgehead atoms. The third kappa shape index (κ3) is 6.15. The van der Waals surface area contributed by atoms with Crippen LogP contribution < -0.4 is 24.4 Å². The van der Waals surface area contributed by atoms with Crippen LogP contribution in [-0.2, 0) is 9.59 Å². The fourth-order valence-corrected chi connectivity index (χ4v) is 4.04. The molecule has 3 aromatic rings. The Morgan fingerprint density at radius 3 is 2.21 bits per heavy atom. The van der Waals surface area contributed by atoms with Crippen molar-refractivity contribution in [1.82, 2.24) is 5.32 Å². The maximum absolute atomic E-state index is 13.1. The van der Waals surface area contributed by atoms with E-state index in [-0.39, 0.29) is 17.9 Å². The number of ether oxygens (including phenoxy) is 3. The van der Waals surface area contributed by atoms with Crippen LogP contribution in [-0.4, -0.2) is 37.7 Å². The lowest BCUT2D eigenvalue weighted by Crippen LogP contribution is -2.54. The molecule has 1 saturated heterocycles. The Hall–Kier alpha value is -4.30. The number of rotatable bonds is 9. The summed E-state index contributed by atoms with van der Waals surface area (Å²) in [6, 6.07) is 16.4. The van der Waals surface area contributed by atoms with Gasteiger partial charge in [0.05, 0.1) is 12.3 Å². The quantitative estimate of drug-likeness (QED) is 0.222. The summed E-state index contributed by atoms with van der Waals surface area (Å²) in [5.41, 5.74) is 2.83. The van der Waals surface area contributed by atoms with E-state index in [1.165, 1.54) is 23.8 Å². The van der Waals surface area contributed by atoms with Gasteiger partial charge in [-0.15, -0.1) is 0 Å². The molecular formula is C29H27ClN2O6. The number of nitrogens with zero attached hydrogens (tertiary/aromatic N) is 1. The van der Waals surface area contributed by atoms with Gasteiger partial charge in [-0.3, -0.25) is 14.9 Å². The molecule has 3 aromatic carbocycles. The first-order valence-electron chi connectivity index (χ1n) is 12.0. The van der Waals surface area contributed by atoms with Gasteiger partial charge < -0.3 is 14.2 Å². The van der Waals surface area contributed by atoms with Gasteiger partial charge >= 0.3 is 6.03 Å². The number of aryl methyl sites for hydroxylation is 2. The van der Waals surface area contributed by atoms with Crippen molar-refractivity contribution in [2.45, 2.75) is 20.8 Å².